The molecule has 0 radical (unpaired) electrons. The molecule has 13 heteroatoms. The molecule has 13 nitrogen and oxygen atoms in total. The number of ether oxygens (including phenoxy) is 4. The molecule has 2 aromatic rings. The third-order valence-corrected chi connectivity index (χ3v) is 5.39. The van der Waals surface area contributed by atoms with Gasteiger partial charge < -0.3 is 29.2 Å². The zero-order valence-corrected chi connectivity index (χ0v) is 19.2. The molecule has 1 aliphatic carbocycles. The van der Waals surface area contributed by atoms with E-state index in [9.17, 15) is 25.1 Å². The highest BCUT2D eigenvalue weighted by atomic mass is 16.8. The number of fused-ring (bicyclic) bond motifs is 2. The van der Waals surface area contributed by atoms with Gasteiger partial charge in [-0.1, -0.05) is 0 Å². The first-order valence-electron chi connectivity index (χ1n) is 10.5. The first-order chi connectivity index (χ1) is 15.8. The van der Waals surface area contributed by atoms with E-state index in [1.165, 1.54) is 16.6 Å². The second kappa shape index (κ2) is 7.79. The molecule has 182 valence electrons. The van der Waals surface area contributed by atoms with Gasteiger partial charge in [0.15, 0.2) is 17.5 Å². The van der Waals surface area contributed by atoms with Gasteiger partial charge in [0.2, 0.25) is 5.60 Å². The van der Waals surface area contributed by atoms with Crippen LogP contribution in [0.15, 0.2) is 18.5 Å². The number of hydrogen-bond donors (Lipinski definition) is 3. The normalized spacial score (nSPS) is 29.9. The third-order valence-electron chi connectivity index (χ3n) is 5.39. The fourth-order valence-electron chi connectivity index (χ4n) is 3.92. The van der Waals surface area contributed by atoms with Crippen molar-refractivity contribution in [3.8, 4) is 6.07 Å². The van der Waals surface area contributed by atoms with Crippen molar-refractivity contribution in [2.24, 2.45) is 0 Å². The minimum absolute atomic E-state index is 0.0804. The lowest BCUT2D eigenvalue weighted by Gasteiger charge is -2.29. The Labute approximate surface area is 194 Å². The maximum absolute atomic E-state index is 12.0. The molecule has 0 bridgehead atoms. The molecule has 1 aliphatic heterocycles. The maximum atomic E-state index is 12.0. The lowest BCUT2D eigenvalue weighted by molar-refractivity contribution is -0.117. The van der Waals surface area contributed by atoms with Crippen LogP contribution in [0.5, 0.6) is 0 Å². The lowest BCUT2D eigenvalue weighted by atomic mass is 9.90. The summed E-state index contributed by atoms with van der Waals surface area (Å²) in [4.78, 5) is 28.0. The Bertz CT molecular complexity index is 1180. The summed E-state index contributed by atoms with van der Waals surface area (Å²) in [6, 6.07) is 4.87. The van der Waals surface area contributed by atoms with Gasteiger partial charge in [0.25, 0.3) is 0 Å². The molecular formula is C21H25N5O8. The number of aliphatic hydroxyl groups is 2. The van der Waals surface area contributed by atoms with E-state index in [2.05, 4.69) is 15.4 Å². The van der Waals surface area contributed by atoms with E-state index in [0.717, 1.165) is 6.33 Å². The van der Waals surface area contributed by atoms with Crippen LogP contribution in [-0.2, 0) is 24.5 Å². The van der Waals surface area contributed by atoms with Crippen molar-refractivity contribution >= 4 is 23.6 Å². The molecule has 3 N–H and O–H groups in total. The zero-order chi connectivity index (χ0) is 25.1. The van der Waals surface area contributed by atoms with E-state index in [4.69, 9.17) is 18.9 Å². The number of anilines is 1. The van der Waals surface area contributed by atoms with Crippen LogP contribution < -0.4 is 5.32 Å². The summed E-state index contributed by atoms with van der Waals surface area (Å²) >= 11 is 0. The monoisotopic (exact) mass is 475 g/mol. The maximum Gasteiger partial charge on any atom is 0.509 e. The Morgan fingerprint density at radius 3 is 2.62 bits per heavy atom. The van der Waals surface area contributed by atoms with Gasteiger partial charge in [-0.05, 0) is 46.8 Å². The lowest BCUT2D eigenvalue weighted by Crippen LogP contribution is -2.47. The predicted molar refractivity (Wildman–Crippen MR) is 112 cm³/mol. The Morgan fingerprint density at radius 1 is 1.35 bits per heavy atom. The van der Waals surface area contributed by atoms with Gasteiger partial charge >= 0.3 is 12.2 Å². The summed E-state index contributed by atoms with van der Waals surface area (Å²) in [5, 5.41) is 38.5. The smallest absolute Gasteiger partial charge is 0.447 e. The number of amides is 1. The van der Waals surface area contributed by atoms with Crippen molar-refractivity contribution in [2.75, 3.05) is 5.32 Å². The molecule has 4 rings (SSSR count). The van der Waals surface area contributed by atoms with Crippen molar-refractivity contribution in [3.63, 3.8) is 0 Å². The van der Waals surface area contributed by atoms with Crippen LogP contribution in [0.25, 0.3) is 5.52 Å². The summed E-state index contributed by atoms with van der Waals surface area (Å²) in [6.07, 6.45) is -5.17. The number of nitriles is 1. The van der Waals surface area contributed by atoms with Crippen LogP contribution in [0.2, 0.25) is 0 Å². The average molecular weight is 475 g/mol. The number of rotatable bonds is 4. The fourth-order valence-corrected chi connectivity index (χ4v) is 3.92. The summed E-state index contributed by atoms with van der Waals surface area (Å²) < 4.78 is 22.3. The Balaban J connectivity index is 1.60. The molecular weight excluding hydrogens is 450 g/mol. The number of carbonyl (C=O) groups is 2. The second-order valence-corrected chi connectivity index (χ2v) is 9.38. The average Bonchev–Trinajstić information content (AvgIpc) is 3.02. The quantitative estimate of drug-likeness (QED) is 0.542. The van der Waals surface area contributed by atoms with Gasteiger partial charge in [-0.2, -0.15) is 10.4 Å². The van der Waals surface area contributed by atoms with Gasteiger partial charge in [0.05, 0.1) is 11.8 Å². The van der Waals surface area contributed by atoms with E-state index >= 15 is 0 Å². The van der Waals surface area contributed by atoms with Crippen molar-refractivity contribution in [1.82, 2.24) is 14.6 Å². The Hall–Kier alpha value is -3.47. The largest absolute Gasteiger partial charge is 0.509 e. The number of hydrogen-bond acceptors (Lipinski definition) is 11. The standard InChI is InChI=1S/C21H25N5O8/c1-10(2)31-17(28)25-15-11-6-7-12(26(11)24-9-23-15)20(8-22)16(27)21(30)13(14(21)33-20)32-18(29)34-19(3,4)5/h6-7,9-10,13-14,16,27,30H,1-5H3,(H,23,24,25,28)/t13?,14-,16+,20+,21-/m1/s1. The summed E-state index contributed by atoms with van der Waals surface area (Å²) in [7, 11) is 0. The van der Waals surface area contributed by atoms with Crippen LogP contribution >= 0.6 is 0 Å². The summed E-state index contributed by atoms with van der Waals surface area (Å²) in [6.45, 7) is 8.32. The van der Waals surface area contributed by atoms with E-state index in [1.807, 2.05) is 6.07 Å². The molecule has 2 aliphatic rings. The van der Waals surface area contributed by atoms with Gasteiger partial charge in [-0.25, -0.2) is 19.1 Å². The molecule has 1 unspecified atom stereocenters. The molecule has 5 atom stereocenters. The van der Waals surface area contributed by atoms with Gasteiger partial charge in [0.1, 0.15) is 35.7 Å². The van der Waals surface area contributed by atoms with Crippen LogP contribution in [0.4, 0.5) is 15.4 Å². The minimum atomic E-state index is -2.04. The van der Waals surface area contributed by atoms with E-state index in [-0.39, 0.29) is 23.1 Å². The van der Waals surface area contributed by atoms with Crippen LogP contribution in [-0.4, -0.2) is 72.7 Å². The van der Waals surface area contributed by atoms with Gasteiger partial charge in [-0.3, -0.25) is 5.32 Å². The second-order valence-electron chi connectivity index (χ2n) is 9.38. The van der Waals surface area contributed by atoms with Gasteiger partial charge in [-0.15, -0.1) is 0 Å². The number of aliphatic hydroxyl groups excluding tert-OH is 1. The van der Waals surface area contributed by atoms with Crippen molar-refractivity contribution in [1.29, 1.82) is 5.26 Å². The highest BCUT2D eigenvalue weighted by Gasteiger charge is 2.84. The Morgan fingerprint density at radius 2 is 2.06 bits per heavy atom. The number of carbonyl (C=O) groups excluding carboxylic acids is 2. The zero-order valence-electron chi connectivity index (χ0n) is 19.2. The highest BCUT2D eigenvalue weighted by molar-refractivity contribution is 5.88. The molecule has 2 aromatic heterocycles. The third kappa shape index (κ3) is 3.69. The minimum Gasteiger partial charge on any atom is -0.447 e. The van der Waals surface area contributed by atoms with E-state index in [0.29, 0.717) is 0 Å². The molecule has 2 fully saturated rings. The Kier molecular flexibility index (Phi) is 5.43. The van der Waals surface area contributed by atoms with Crippen molar-refractivity contribution < 1.29 is 38.7 Å². The first kappa shape index (κ1) is 23.7. The molecule has 1 saturated carbocycles. The molecule has 1 amide bonds. The van der Waals surface area contributed by atoms with E-state index in [1.54, 1.807) is 34.6 Å². The van der Waals surface area contributed by atoms with Crippen LogP contribution in [0.1, 0.15) is 40.3 Å². The number of aromatic nitrogens is 3. The summed E-state index contributed by atoms with van der Waals surface area (Å²) in [5.41, 5.74) is -4.51. The first-order valence-corrected chi connectivity index (χ1v) is 10.5. The SMILES string of the molecule is CC(C)OC(=O)Nc1ncnn2c([C@]3(C#N)O[C@@H]4C(OC(=O)OC(C)(C)C)[C@]4(O)[C@H]3O)ccc12. The van der Waals surface area contributed by atoms with Crippen molar-refractivity contribution in [2.45, 2.75) is 75.8 Å². The highest BCUT2D eigenvalue weighted by Crippen LogP contribution is 2.59. The van der Waals surface area contributed by atoms with Crippen molar-refractivity contribution in [3.05, 3.63) is 24.2 Å². The predicted octanol–water partition coefficient (Wildman–Crippen LogP) is 1.23. The van der Waals surface area contributed by atoms with Crippen LogP contribution in [0, 0.1) is 11.3 Å². The van der Waals surface area contributed by atoms with E-state index < -0.39 is 47.4 Å². The number of nitrogens with one attached hydrogen (secondary N) is 1. The molecule has 34 heavy (non-hydrogen) atoms. The topological polar surface area (TPSA) is 178 Å². The molecule has 1 saturated heterocycles. The molecule has 0 aromatic carbocycles. The van der Waals surface area contributed by atoms with Gasteiger partial charge in [0, 0.05) is 0 Å². The molecule has 0 spiro atoms. The molecule has 3 heterocycles. The summed E-state index contributed by atoms with van der Waals surface area (Å²) in [5.74, 6) is 0.0995. The fraction of sp³-hybridized carbons (Fsp3) is 0.571. The number of nitrogens with zero attached hydrogens (tertiary/aromatic N) is 4. The van der Waals surface area contributed by atoms with Crippen LogP contribution in [0.3, 0.4) is 0 Å².